The number of hydrogen-bond donors (Lipinski definition) is 2. The average Bonchev–Trinajstić information content (AvgIpc) is 2.16. The van der Waals surface area contributed by atoms with Crippen molar-refractivity contribution < 1.29 is 4.74 Å². The Morgan fingerprint density at radius 1 is 1.54 bits per heavy atom. The molecule has 0 fully saturated rings. The van der Waals surface area contributed by atoms with Crippen molar-refractivity contribution in [2.75, 3.05) is 19.0 Å². The van der Waals surface area contributed by atoms with E-state index in [9.17, 15) is 0 Å². The first-order chi connectivity index (χ1) is 6.31. The number of para-hydroxylation sites is 1. The fraction of sp³-hybridized carbons (Fsp3) is 0.400. The highest BCUT2D eigenvalue weighted by molar-refractivity contribution is 5.63. The molecule has 3 nitrogen and oxygen atoms in total. The Labute approximate surface area is 77.9 Å². The van der Waals surface area contributed by atoms with Crippen molar-refractivity contribution in [2.24, 2.45) is 5.73 Å². The van der Waals surface area contributed by atoms with Gasteiger partial charge >= 0.3 is 0 Å². The van der Waals surface area contributed by atoms with Crippen molar-refractivity contribution in [3.05, 3.63) is 23.8 Å². The van der Waals surface area contributed by atoms with Crippen molar-refractivity contribution in [3.8, 4) is 5.75 Å². The van der Waals surface area contributed by atoms with Crippen LogP contribution in [0.2, 0.25) is 0 Å². The molecule has 1 aliphatic heterocycles. The lowest BCUT2D eigenvalue weighted by Gasteiger charge is -2.24. The van der Waals surface area contributed by atoms with Gasteiger partial charge in [0.15, 0.2) is 0 Å². The van der Waals surface area contributed by atoms with E-state index < -0.39 is 0 Å². The summed E-state index contributed by atoms with van der Waals surface area (Å²) in [4.78, 5) is 0. The van der Waals surface area contributed by atoms with Crippen LogP contribution < -0.4 is 15.8 Å². The topological polar surface area (TPSA) is 47.3 Å². The second-order valence-electron chi connectivity index (χ2n) is 3.34. The zero-order chi connectivity index (χ0) is 9.26. The monoisotopic (exact) mass is 178 g/mol. The third-order valence-electron chi connectivity index (χ3n) is 2.36. The first kappa shape index (κ1) is 8.38. The molecular formula is C10H14N2O. The first-order valence-electron chi connectivity index (χ1n) is 4.46. The van der Waals surface area contributed by atoms with Crippen LogP contribution in [0.1, 0.15) is 5.56 Å². The molecule has 1 aliphatic rings. The zero-order valence-electron chi connectivity index (χ0n) is 7.71. The van der Waals surface area contributed by atoms with E-state index >= 15 is 0 Å². The molecule has 1 heterocycles. The summed E-state index contributed by atoms with van der Waals surface area (Å²) in [6.45, 7) is 0.827. The van der Waals surface area contributed by atoms with E-state index in [-0.39, 0.29) is 6.04 Å². The van der Waals surface area contributed by atoms with Gasteiger partial charge in [0.2, 0.25) is 0 Å². The molecule has 0 aliphatic carbocycles. The van der Waals surface area contributed by atoms with Crippen molar-refractivity contribution in [3.63, 3.8) is 0 Å². The highest BCUT2D eigenvalue weighted by Gasteiger charge is 2.17. The summed E-state index contributed by atoms with van der Waals surface area (Å²) in [6, 6.07) is 6.27. The van der Waals surface area contributed by atoms with Crippen LogP contribution in [0.15, 0.2) is 18.2 Å². The summed E-state index contributed by atoms with van der Waals surface area (Å²) >= 11 is 0. The summed E-state index contributed by atoms with van der Waals surface area (Å²) < 4.78 is 5.24. The van der Waals surface area contributed by atoms with E-state index in [2.05, 4.69) is 11.4 Å². The number of benzene rings is 1. The predicted molar refractivity (Wildman–Crippen MR) is 53.2 cm³/mol. The molecular weight excluding hydrogens is 164 g/mol. The lowest BCUT2D eigenvalue weighted by Crippen LogP contribution is -2.35. The van der Waals surface area contributed by atoms with E-state index in [1.807, 2.05) is 12.1 Å². The summed E-state index contributed by atoms with van der Waals surface area (Å²) in [5, 5.41) is 3.28. The van der Waals surface area contributed by atoms with E-state index in [4.69, 9.17) is 10.5 Å². The Morgan fingerprint density at radius 2 is 2.38 bits per heavy atom. The maximum atomic E-state index is 5.84. The van der Waals surface area contributed by atoms with Gasteiger partial charge in [-0.2, -0.15) is 0 Å². The summed E-state index contributed by atoms with van der Waals surface area (Å²) in [5.74, 6) is 0.907. The molecule has 0 amide bonds. The molecule has 1 aromatic rings. The van der Waals surface area contributed by atoms with Crippen LogP contribution in [0, 0.1) is 0 Å². The highest BCUT2D eigenvalue weighted by atomic mass is 16.5. The number of anilines is 1. The third-order valence-corrected chi connectivity index (χ3v) is 2.36. The lowest BCUT2D eigenvalue weighted by molar-refractivity contribution is 0.415. The number of methoxy groups -OCH3 is 1. The molecule has 0 radical (unpaired) electrons. The fourth-order valence-corrected chi connectivity index (χ4v) is 1.71. The van der Waals surface area contributed by atoms with E-state index in [0.29, 0.717) is 0 Å². The van der Waals surface area contributed by atoms with Gasteiger partial charge in [0.25, 0.3) is 0 Å². The van der Waals surface area contributed by atoms with Gasteiger partial charge in [-0.1, -0.05) is 12.1 Å². The van der Waals surface area contributed by atoms with Crippen LogP contribution in [-0.4, -0.2) is 19.7 Å². The van der Waals surface area contributed by atoms with E-state index in [1.165, 1.54) is 5.56 Å². The first-order valence-corrected chi connectivity index (χ1v) is 4.46. The summed E-state index contributed by atoms with van der Waals surface area (Å²) in [6.07, 6.45) is 0.930. The summed E-state index contributed by atoms with van der Waals surface area (Å²) in [7, 11) is 1.69. The second kappa shape index (κ2) is 3.26. The van der Waals surface area contributed by atoms with Crippen LogP contribution in [0.25, 0.3) is 0 Å². The minimum Gasteiger partial charge on any atom is -0.495 e. The molecule has 3 N–H and O–H groups in total. The Morgan fingerprint density at radius 3 is 3.15 bits per heavy atom. The van der Waals surface area contributed by atoms with Crippen LogP contribution in [0.3, 0.4) is 0 Å². The number of fused-ring (bicyclic) bond motifs is 1. The average molecular weight is 178 g/mol. The molecule has 2 rings (SSSR count). The van der Waals surface area contributed by atoms with Crippen LogP contribution >= 0.6 is 0 Å². The molecule has 3 heteroatoms. The van der Waals surface area contributed by atoms with Crippen molar-refractivity contribution >= 4 is 5.69 Å². The van der Waals surface area contributed by atoms with Crippen molar-refractivity contribution in [2.45, 2.75) is 12.5 Å². The Bertz CT molecular complexity index is 312. The highest BCUT2D eigenvalue weighted by Crippen LogP contribution is 2.31. The standard InChI is InChI=1S/C10H14N2O/c1-13-9-4-2-3-7-5-8(11)6-12-10(7)9/h2-4,8,12H,5-6,11H2,1H3/t8-/m1/s1. The van der Waals surface area contributed by atoms with Gasteiger partial charge in [0.05, 0.1) is 12.8 Å². The summed E-state index contributed by atoms with van der Waals surface area (Å²) in [5.41, 5.74) is 8.19. The molecule has 1 atom stereocenters. The Hall–Kier alpha value is -1.22. The van der Waals surface area contributed by atoms with Crippen molar-refractivity contribution in [1.82, 2.24) is 0 Å². The number of nitrogens with one attached hydrogen (secondary N) is 1. The molecule has 70 valence electrons. The van der Waals surface area contributed by atoms with Crippen LogP contribution in [-0.2, 0) is 6.42 Å². The number of rotatable bonds is 1. The maximum Gasteiger partial charge on any atom is 0.142 e. The second-order valence-corrected chi connectivity index (χ2v) is 3.34. The lowest BCUT2D eigenvalue weighted by atomic mass is 10.00. The van der Waals surface area contributed by atoms with Gasteiger partial charge in [-0.3, -0.25) is 0 Å². The predicted octanol–water partition coefficient (Wildman–Crippen LogP) is 0.990. The van der Waals surface area contributed by atoms with E-state index in [1.54, 1.807) is 7.11 Å². The van der Waals surface area contributed by atoms with Gasteiger partial charge in [-0.05, 0) is 18.1 Å². The molecule has 0 spiro atoms. The van der Waals surface area contributed by atoms with Gasteiger partial charge in [-0.15, -0.1) is 0 Å². The van der Waals surface area contributed by atoms with E-state index in [0.717, 1.165) is 24.4 Å². The minimum absolute atomic E-state index is 0.222. The fourth-order valence-electron chi connectivity index (χ4n) is 1.71. The number of hydrogen-bond acceptors (Lipinski definition) is 3. The molecule has 1 aromatic carbocycles. The maximum absolute atomic E-state index is 5.84. The Balaban J connectivity index is 2.39. The minimum atomic E-state index is 0.222. The van der Waals surface area contributed by atoms with Gasteiger partial charge in [0.1, 0.15) is 5.75 Å². The molecule has 0 saturated carbocycles. The van der Waals surface area contributed by atoms with Crippen LogP contribution in [0.4, 0.5) is 5.69 Å². The molecule has 0 aromatic heterocycles. The molecule has 0 bridgehead atoms. The number of ether oxygens (including phenoxy) is 1. The third kappa shape index (κ3) is 1.47. The molecule has 13 heavy (non-hydrogen) atoms. The van der Waals surface area contributed by atoms with Crippen molar-refractivity contribution in [1.29, 1.82) is 0 Å². The van der Waals surface area contributed by atoms with Crippen LogP contribution in [0.5, 0.6) is 5.75 Å². The largest absolute Gasteiger partial charge is 0.495 e. The number of nitrogens with two attached hydrogens (primary N) is 1. The smallest absolute Gasteiger partial charge is 0.142 e. The SMILES string of the molecule is COc1cccc2c1NC[C@H](N)C2. The van der Waals surface area contributed by atoms with Gasteiger partial charge in [-0.25, -0.2) is 0 Å². The Kier molecular flexibility index (Phi) is 2.10. The quantitative estimate of drug-likeness (QED) is 0.674. The molecule has 0 unspecified atom stereocenters. The molecule has 0 saturated heterocycles. The normalized spacial score (nSPS) is 20.3. The van der Waals surface area contributed by atoms with Gasteiger partial charge < -0.3 is 15.8 Å². The zero-order valence-corrected chi connectivity index (χ0v) is 7.71. The van der Waals surface area contributed by atoms with Gasteiger partial charge in [0, 0.05) is 12.6 Å².